The number of ether oxygens (including phenoxy) is 1. The molecule has 0 radical (unpaired) electrons. The average molecular weight is 432 g/mol. The Morgan fingerprint density at radius 3 is 2.78 bits per heavy atom. The van der Waals surface area contributed by atoms with E-state index in [1.54, 1.807) is 11.3 Å². The van der Waals surface area contributed by atoms with E-state index in [2.05, 4.69) is 18.8 Å². The number of aryl methyl sites for hydroxylation is 1. The van der Waals surface area contributed by atoms with E-state index in [1.807, 2.05) is 41.5 Å². The zero-order valence-electron chi connectivity index (χ0n) is 15.8. The molecule has 150 valence electrons. The van der Waals surface area contributed by atoms with E-state index in [4.69, 9.17) is 10.5 Å². The molecule has 0 saturated carbocycles. The molecule has 2 heterocycles. The average Bonchev–Trinajstić information content (AvgIpc) is 3.00. The van der Waals surface area contributed by atoms with Crippen LogP contribution in [0.2, 0.25) is 0 Å². The predicted octanol–water partition coefficient (Wildman–Crippen LogP) is 4.07. The standard InChI is InChI=1S/C19H25N3O2S.2ClH/c1-13-21-15(11-25-13)10-24-16-6-4-5-14(9-16)18(23)22-8-7-17(20)19(2,3)12-22;;/h4-6,9,11,17H,7-8,10,12,20H2,1-3H3;2*1H. The molecule has 27 heavy (non-hydrogen) atoms. The van der Waals surface area contributed by atoms with E-state index in [9.17, 15) is 4.79 Å². The quantitative estimate of drug-likeness (QED) is 0.791. The van der Waals surface area contributed by atoms with Crippen LogP contribution in [0.15, 0.2) is 29.6 Å². The van der Waals surface area contributed by atoms with Gasteiger partial charge in [0, 0.05) is 30.1 Å². The largest absolute Gasteiger partial charge is 0.487 e. The lowest BCUT2D eigenvalue weighted by Crippen LogP contribution is -2.53. The number of rotatable bonds is 4. The number of thiazole rings is 1. The summed E-state index contributed by atoms with van der Waals surface area (Å²) in [6.07, 6.45) is 0.831. The monoisotopic (exact) mass is 431 g/mol. The molecule has 1 aromatic heterocycles. The molecular formula is C19H27Cl2N3O2S. The molecular weight excluding hydrogens is 405 g/mol. The van der Waals surface area contributed by atoms with Gasteiger partial charge in [-0.2, -0.15) is 0 Å². The van der Waals surface area contributed by atoms with E-state index in [0.29, 0.717) is 31.0 Å². The zero-order valence-corrected chi connectivity index (χ0v) is 18.3. The molecule has 1 unspecified atom stereocenters. The number of nitrogens with zero attached hydrogens (tertiary/aromatic N) is 2. The Morgan fingerprint density at radius 1 is 1.41 bits per heavy atom. The summed E-state index contributed by atoms with van der Waals surface area (Å²) in [6.45, 7) is 7.99. The highest BCUT2D eigenvalue weighted by molar-refractivity contribution is 7.09. The number of halogens is 2. The summed E-state index contributed by atoms with van der Waals surface area (Å²) in [4.78, 5) is 19.1. The van der Waals surface area contributed by atoms with E-state index in [1.165, 1.54) is 0 Å². The van der Waals surface area contributed by atoms with E-state index in [0.717, 1.165) is 17.1 Å². The van der Waals surface area contributed by atoms with Gasteiger partial charge in [-0.1, -0.05) is 19.9 Å². The molecule has 3 rings (SSSR count). The van der Waals surface area contributed by atoms with Crippen LogP contribution in [0.25, 0.3) is 0 Å². The maximum atomic E-state index is 12.8. The number of nitrogens with two attached hydrogens (primary N) is 1. The Balaban J connectivity index is 0.00000182. The lowest BCUT2D eigenvalue weighted by molar-refractivity contribution is 0.0532. The van der Waals surface area contributed by atoms with Crippen molar-refractivity contribution in [2.24, 2.45) is 11.1 Å². The number of hydrogen-bond donors (Lipinski definition) is 1. The van der Waals surface area contributed by atoms with Gasteiger partial charge in [0.15, 0.2) is 0 Å². The molecule has 0 bridgehead atoms. The maximum absolute atomic E-state index is 12.8. The van der Waals surface area contributed by atoms with Crippen molar-refractivity contribution < 1.29 is 9.53 Å². The Morgan fingerprint density at radius 2 is 2.15 bits per heavy atom. The van der Waals surface area contributed by atoms with Crippen LogP contribution in [0.5, 0.6) is 5.75 Å². The van der Waals surface area contributed by atoms with E-state index < -0.39 is 0 Å². The molecule has 1 aromatic carbocycles. The Hall–Kier alpha value is -1.34. The SMILES string of the molecule is Cc1nc(COc2cccc(C(=O)N3CCC(N)C(C)(C)C3)c2)cs1.Cl.Cl. The summed E-state index contributed by atoms with van der Waals surface area (Å²) in [7, 11) is 0. The molecule has 0 aliphatic carbocycles. The zero-order chi connectivity index (χ0) is 18.0. The van der Waals surface area contributed by atoms with Crippen molar-refractivity contribution in [3.63, 3.8) is 0 Å². The highest BCUT2D eigenvalue weighted by atomic mass is 35.5. The first-order valence-corrected chi connectivity index (χ1v) is 9.42. The van der Waals surface area contributed by atoms with Crippen molar-refractivity contribution in [2.45, 2.75) is 39.8 Å². The van der Waals surface area contributed by atoms with Crippen LogP contribution in [-0.2, 0) is 6.61 Å². The minimum Gasteiger partial charge on any atom is -0.487 e. The fourth-order valence-electron chi connectivity index (χ4n) is 3.08. The number of hydrogen-bond acceptors (Lipinski definition) is 5. The molecule has 1 fully saturated rings. The molecule has 1 amide bonds. The van der Waals surface area contributed by atoms with Gasteiger partial charge in [-0.15, -0.1) is 36.2 Å². The number of benzene rings is 1. The van der Waals surface area contributed by atoms with Crippen LogP contribution in [0, 0.1) is 12.3 Å². The van der Waals surface area contributed by atoms with Gasteiger partial charge in [0.25, 0.3) is 5.91 Å². The number of amides is 1. The molecule has 5 nitrogen and oxygen atoms in total. The lowest BCUT2D eigenvalue weighted by atomic mass is 9.79. The predicted molar refractivity (Wildman–Crippen MR) is 114 cm³/mol. The summed E-state index contributed by atoms with van der Waals surface area (Å²) in [5.74, 6) is 0.722. The van der Waals surface area contributed by atoms with Gasteiger partial charge in [0.2, 0.25) is 0 Å². The fraction of sp³-hybridized carbons (Fsp3) is 0.474. The molecule has 2 N–H and O–H groups in total. The normalized spacial score (nSPS) is 18.2. The number of carbonyl (C=O) groups is 1. The topological polar surface area (TPSA) is 68.5 Å². The van der Waals surface area contributed by atoms with Crippen molar-refractivity contribution in [1.82, 2.24) is 9.88 Å². The van der Waals surface area contributed by atoms with Gasteiger partial charge >= 0.3 is 0 Å². The van der Waals surface area contributed by atoms with Crippen LogP contribution in [0.1, 0.15) is 41.3 Å². The van der Waals surface area contributed by atoms with Crippen molar-refractivity contribution in [3.8, 4) is 5.75 Å². The van der Waals surface area contributed by atoms with E-state index >= 15 is 0 Å². The number of piperidine rings is 1. The third-order valence-corrected chi connectivity index (χ3v) is 5.56. The van der Waals surface area contributed by atoms with Crippen LogP contribution >= 0.6 is 36.2 Å². The summed E-state index contributed by atoms with van der Waals surface area (Å²) in [5.41, 5.74) is 7.67. The van der Waals surface area contributed by atoms with Gasteiger partial charge < -0.3 is 15.4 Å². The van der Waals surface area contributed by atoms with Crippen molar-refractivity contribution in [3.05, 3.63) is 45.9 Å². The second-order valence-corrected chi connectivity index (χ2v) is 8.35. The number of likely N-dealkylation sites (tertiary alicyclic amines) is 1. The Bertz CT molecular complexity index is 767. The van der Waals surface area contributed by atoms with Crippen molar-refractivity contribution in [2.75, 3.05) is 13.1 Å². The number of carbonyl (C=O) groups excluding carboxylic acids is 1. The first-order valence-electron chi connectivity index (χ1n) is 8.54. The molecule has 1 saturated heterocycles. The van der Waals surface area contributed by atoms with Crippen LogP contribution in [0.4, 0.5) is 0 Å². The Kier molecular flexibility index (Phi) is 8.54. The molecule has 1 aliphatic rings. The van der Waals surface area contributed by atoms with E-state index in [-0.39, 0.29) is 42.2 Å². The molecule has 2 aromatic rings. The molecule has 1 atom stereocenters. The highest BCUT2D eigenvalue weighted by Crippen LogP contribution is 2.29. The van der Waals surface area contributed by atoms with Gasteiger partial charge in [-0.3, -0.25) is 4.79 Å². The van der Waals surface area contributed by atoms with Gasteiger partial charge in [0.05, 0.1) is 10.7 Å². The number of aromatic nitrogens is 1. The summed E-state index contributed by atoms with van der Waals surface area (Å²) in [5, 5.41) is 3.01. The minimum atomic E-state index is -0.0650. The third kappa shape index (κ3) is 5.82. The Labute approximate surface area is 177 Å². The highest BCUT2D eigenvalue weighted by Gasteiger charge is 2.35. The van der Waals surface area contributed by atoms with Crippen molar-refractivity contribution >= 4 is 42.1 Å². The molecule has 8 heteroatoms. The van der Waals surface area contributed by atoms with Crippen LogP contribution in [-0.4, -0.2) is 34.9 Å². The summed E-state index contributed by atoms with van der Waals surface area (Å²) >= 11 is 1.60. The van der Waals surface area contributed by atoms with Gasteiger partial charge in [-0.05, 0) is 37.0 Å². The molecule has 0 spiro atoms. The van der Waals surface area contributed by atoms with Crippen molar-refractivity contribution in [1.29, 1.82) is 0 Å². The maximum Gasteiger partial charge on any atom is 0.254 e. The molecule has 1 aliphatic heterocycles. The summed E-state index contributed by atoms with van der Waals surface area (Å²) < 4.78 is 5.79. The lowest BCUT2D eigenvalue weighted by Gasteiger charge is -2.42. The van der Waals surface area contributed by atoms with Gasteiger partial charge in [-0.25, -0.2) is 4.98 Å². The first kappa shape index (κ1) is 23.7. The van der Waals surface area contributed by atoms with Crippen LogP contribution in [0.3, 0.4) is 0 Å². The second kappa shape index (κ2) is 9.73. The van der Waals surface area contributed by atoms with Gasteiger partial charge in [0.1, 0.15) is 12.4 Å². The summed E-state index contributed by atoms with van der Waals surface area (Å²) in [6, 6.07) is 7.50. The second-order valence-electron chi connectivity index (χ2n) is 7.28. The minimum absolute atomic E-state index is 0. The third-order valence-electron chi connectivity index (χ3n) is 4.73. The smallest absolute Gasteiger partial charge is 0.254 e. The first-order chi connectivity index (χ1) is 11.8. The van der Waals surface area contributed by atoms with Crippen LogP contribution < -0.4 is 10.5 Å². The fourth-order valence-corrected chi connectivity index (χ4v) is 3.68.